The highest BCUT2D eigenvalue weighted by Crippen LogP contribution is 2.15. The van der Waals surface area contributed by atoms with E-state index in [0.29, 0.717) is 26.1 Å². The van der Waals surface area contributed by atoms with Crippen LogP contribution in [0.1, 0.15) is 24.0 Å². The third kappa shape index (κ3) is 6.77. The van der Waals surface area contributed by atoms with E-state index in [4.69, 9.17) is 4.74 Å². The molecule has 2 aromatic carbocycles. The number of piperidine rings is 1. The Morgan fingerprint density at radius 2 is 1.74 bits per heavy atom. The van der Waals surface area contributed by atoms with Gasteiger partial charge in [0.05, 0.1) is 19.3 Å². The molecule has 1 heterocycles. The molecule has 0 saturated carbocycles. The summed E-state index contributed by atoms with van der Waals surface area (Å²) in [6.07, 6.45) is 2.88. The number of nitrogens with one attached hydrogen (secondary N) is 1. The second-order valence-electron chi connectivity index (χ2n) is 7.00. The Morgan fingerprint density at radius 1 is 1.04 bits per heavy atom. The number of hydrogen-bond acceptors (Lipinski definition) is 3. The van der Waals surface area contributed by atoms with Crippen molar-refractivity contribution in [3.8, 4) is 0 Å². The zero-order valence-electron chi connectivity index (χ0n) is 15.6. The van der Waals surface area contributed by atoms with E-state index in [0.717, 1.165) is 31.5 Å². The van der Waals surface area contributed by atoms with Gasteiger partial charge in [-0.2, -0.15) is 0 Å². The summed E-state index contributed by atoms with van der Waals surface area (Å²) in [6, 6.07) is 16.6. The summed E-state index contributed by atoms with van der Waals surface area (Å²) in [4.78, 5) is 14.3. The third-order valence-corrected chi connectivity index (χ3v) is 4.88. The first kappa shape index (κ1) is 19.5. The van der Waals surface area contributed by atoms with Gasteiger partial charge >= 0.3 is 0 Å². The number of amides is 1. The van der Waals surface area contributed by atoms with Gasteiger partial charge in [-0.1, -0.05) is 42.5 Å². The maximum atomic E-state index is 12.9. The maximum Gasteiger partial charge on any atom is 0.234 e. The highest BCUT2D eigenvalue weighted by Gasteiger charge is 2.21. The second-order valence-corrected chi connectivity index (χ2v) is 7.00. The quantitative estimate of drug-likeness (QED) is 0.776. The lowest BCUT2D eigenvalue weighted by molar-refractivity contribution is -0.123. The van der Waals surface area contributed by atoms with Crippen LogP contribution in [0.25, 0.3) is 0 Å². The Labute approximate surface area is 160 Å². The minimum absolute atomic E-state index is 0.0424. The lowest BCUT2D eigenvalue weighted by Crippen LogP contribution is -2.43. The van der Waals surface area contributed by atoms with Crippen molar-refractivity contribution < 1.29 is 13.9 Å². The predicted octanol–water partition coefficient (Wildman–Crippen LogP) is 3.17. The van der Waals surface area contributed by atoms with Gasteiger partial charge in [-0.05, 0) is 42.5 Å². The molecule has 4 nitrogen and oxygen atoms in total. The molecule has 1 amide bonds. The Kier molecular flexibility index (Phi) is 7.36. The summed E-state index contributed by atoms with van der Waals surface area (Å²) < 4.78 is 18.9. The average Bonchev–Trinajstić information content (AvgIpc) is 2.70. The average molecular weight is 370 g/mol. The number of hydrogen-bond donors (Lipinski definition) is 1. The summed E-state index contributed by atoms with van der Waals surface area (Å²) >= 11 is 0. The van der Waals surface area contributed by atoms with Crippen molar-refractivity contribution in [3.63, 3.8) is 0 Å². The molecule has 1 saturated heterocycles. The van der Waals surface area contributed by atoms with E-state index in [-0.39, 0.29) is 17.8 Å². The molecule has 2 aromatic rings. The monoisotopic (exact) mass is 370 g/mol. The van der Waals surface area contributed by atoms with Crippen LogP contribution in [0.4, 0.5) is 4.39 Å². The third-order valence-electron chi connectivity index (χ3n) is 4.88. The van der Waals surface area contributed by atoms with Crippen LogP contribution < -0.4 is 5.32 Å². The normalized spacial score (nSPS) is 15.6. The number of ether oxygens (including phenoxy) is 1. The number of benzene rings is 2. The number of carbonyl (C=O) groups excluding carboxylic acids is 1. The zero-order chi connectivity index (χ0) is 18.9. The van der Waals surface area contributed by atoms with Gasteiger partial charge in [-0.15, -0.1) is 0 Å². The molecule has 3 rings (SSSR count). The van der Waals surface area contributed by atoms with E-state index in [1.165, 1.54) is 17.7 Å². The molecule has 0 aromatic heterocycles. The van der Waals surface area contributed by atoms with Crippen LogP contribution in [0.15, 0.2) is 54.6 Å². The molecule has 5 heteroatoms. The first-order valence-electron chi connectivity index (χ1n) is 9.58. The van der Waals surface area contributed by atoms with E-state index in [9.17, 15) is 9.18 Å². The number of carbonyl (C=O) groups is 1. The van der Waals surface area contributed by atoms with Gasteiger partial charge in [0.15, 0.2) is 0 Å². The fraction of sp³-hybridized carbons (Fsp3) is 0.409. The van der Waals surface area contributed by atoms with Gasteiger partial charge < -0.3 is 10.1 Å². The highest BCUT2D eigenvalue weighted by molar-refractivity contribution is 5.78. The summed E-state index contributed by atoms with van der Waals surface area (Å²) in [5, 5.41) is 2.95. The smallest absolute Gasteiger partial charge is 0.234 e. The van der Waals surface area contributed by atoms with Crippen LogP contribution in [0.5, 0.6) is 0 Å². The molecule has 1 fully saturated rings. The highest BCUT2D eigenvalue weighted by atomic mass is 19.1. The van der Waals surface area contributed by atoms with Crippen LogP contribution in [0, 0.1) is 5.82 Å². The predicted molar refractivity (Wildman–Crippen MR) is 104 cm³/mol. The number of likely N-dealkylation sites (tertiary alicyclic amines) is 1. The van der Waals surface area contributed by atoms with Crippen molar-refractivity contribution in [2.24, 2.45) is 0 Å². The van der Waals surface area contributed by atoms with E-state index in [1.807, 2.05) is 18.2 Å². The zero-order valence-corrected chi connectivity index (χ0v) is 15.6. The van der Waals surface area contributed by atoms with Crippen LogP contribution >= 0.6 is 0 Å². The molecule has 0 aliphatic carbocycles. The molecule has 144 valence electrons. The molecule has 0 radical (unpaired) electrons. The maximum absolute atomic E-state index is 12.9. The van der Waals surface area contributed by atoms with Crippen molar-refractivity contribution in [2.45, 2.75) is 32.0 Å². The van der Waals surface area contributed by atoms with Gasteiger partial charge in [0.25, 0.3) is 0 Å². The SMILES string of the molecule is O=C(CN1CCC(OCc2ccccc2)CC1)NCCc1ccc(F)cc1. The van der Waals surface area contributed by atoms with Gasteiger partial charge in [0.2, 0.25) is 5.91 Å². The van der Waals surface area contributed by atoms with Gasteiger partial charge in [0.1, 0.15) is 5.82 Å². The summed E-state index contributed by atoms with van der Waals surface area (Å²) in [5.74, 6) is -0.195. The first-order valence-corrected chi connectivity index (χ1v) is 9.58. The molecular weight excluding hydrogens is 343 g/mol. The van der Waals surface area contributed by atoms with Crippen molar-refractivity contribution in [3.05, 3.63) is 71.5 Å². The number of rotatable bonds is 8. The Balaban J connectivity index is 1.29. The Morgan fingerprint density at radius 3 is 2.44 bits per heavy atom. The van der Waals surface area contributed by atoms with Gasteiger partial charge in [-0.3, -0.25) is 9.69 Å². The Bertz CT molecular complexity index is 698. The van der Waals surface area contributed by atoms with Gasteiger partial charge in [-0.25, -0.2) is 4.39 Å². The van der Waals surface area contributed by atoms with Crippen molar-refractivity contribution >= 4 is 5.91 Å². The second kappa shape index (κ2) is 10.2. The molecule has 0 spiro atoms. The lowest BCUT2D eigenvalue weighted by atomic mass is 10.1. The first-order chi connectivity index (χ1) is 13.2. The molecular formula is C22H27FN2O2. The fourth-order valence-corrected chi connectivity index (χ4v) is 3.28. The van der Waals surface area contributed by atoms with Crippen molar-refractivity contribution in [1.82, 2.24) is 10.2 Å². The van der Waals surface area contributed by atoms with E-state index in [2.05, 4.69) is 22.3 Å². The van der Waals surface area contributed by atoms with Crippen molar-refractivity contribution in [1.29, 1.82) is 0 Å². The number of nitrogens with zero attached hydrogens (tertiary/aromatic N) is 1. The van der Waals surface area contributed by atoms with Crippen LogP contribution in [-0.4, -0.2) is 43.1 Å². The van der Waals surface area contributed by atoms with Crippen LogP contribution in [0.2, 0.25) is 0 Å². The minimum atomic E-state index is -0.237. The van der Waals surface area contributed by atoms with Crippen LogP contribution in [0.3, 0.4) is 0 Å². The standard InChI is InChI=1S/C22H27FN2O2/c23-20-8-6-18(7-9-20)10-13-24-22(26)16-25-14-11-21(12-15-25)27-17-19-4-2-1-3-5-19/h1-9,21H,10-17H2,(H,24,26). The molecule has 0 bridgehead atoms. The number of halogens is 1. The summed E-state index contributed by atoms with van der Waals surface area (Å²) in [5.41, 5.74) is 2.22. The molecule has 0 atom stereocenters. The molecule has 1 N–H and O–H groups in total. The molecule has 27 heavy (non-hydrogen) atoms. The van der Waals surface area contributed by atoms with Gasteiger partial charge in [0, 0.05) is 19.6 Å². The largest absolute Gasteiger partial charge is 0.373 e. The minimum Gasteiger partial charge on any atom is -0.373 e. The molecule has 1 aliphatic rings. The van der Waals surface area contributed by atoms with E-state index in [1.54, 1.807) is 12.1 Å². The van der Waals surface area contributed by atoms with Crippen molar-refractivity contribution in [2.75, 3.05) is 26.2 Å². The molecule has 0 unspecified atom stereocenters. The Hall–Kier alpha value is -2.24. The molecule has 1 aliphatic heterocycles. The lowest BCUT2D eigenvalue weighted by Gasteiger charge is -2.31. The summed E-state index contributed by atoms with van der Waals surface area (Å²) in [7, 11) is 0. The topological polar surface area (TPSA) is 41.6 Å². The fourth-order valence-electron chi connectivity index (χ4n) is 3.28. The summed E-state index contributed by atoms with van der Waals surface area (Å²) in [6.45, 7) is 3.40. The van der Waals surface area contributed by atoms with E-state index < -0.39 is 0 Å². The van der Waals surface area contributed by atoms with E-state index >= 15 is 0 Å². The van der Waals surface area contributed by atoms with Crippen LogP contribution in [-0.2, 0) is 22.6 Å².